The minimum absolute atomic E-state index is 0.0945. The number of rotatable bonds is 8. The monoisotopic (exact) mass is 228 g/mol. The Morgan fingerprint density at radius 1 is 1.00 bits per heavy atom. The van der Waals surface area contributed by atoms with Crippen molar-refractivity contribution in [3.63, 3.8) is 0 Å². The summed E-state index contributed by atoms with van der Waals surface area (Å²) in [7, 11) is 0. The predicted octanol–water partition coefficient (Wildman–Crippen LogP) is 3.99. The summed E-state index contributed by atoms with van der Waals surface area (Å²) in [6.07, 6.45) is 7.85. The van der Waals surface area contributed by atoms with Crippen LogP contribution < -0.4 is 0 Å². The van der Waals surface area contributed by atoms with Crippen molar-refractivity contribution in [3.8, 4) is 0 Å². The van der Waals surface area contributed by atoms with Gasteiger partial charge in [0, 0.05) is 0 Å². The maximum atomic E-state index is 5.44. The van der Waals surface area contributed by atoms with Crippen molar-refractivity contribution in [2.24, 2.45) is 11.8 Å². The molecule has 0 radical (unpaired) electrons. The van der Waals surface area contributed by atoms with Crippen LogP contribution in [0.5, 0.6) is 0 Å². The van der Waals surface area contributed by atoms with Crippen molar-refractivity contribution in [3.05, 3.63) is 0 Å². The molecule has 96 valence electrons. The van der Waals surface area contributed by atoms with Crippen molar-refractivity contribution in [1.29, 1.82) is 0 Å². The van der Waals surface area contributed by atoms with Gasteiger partial charge in [0.05, 0.1) is 13.2 Å². The lowest BCUT2D eigenvalue weighted by atomic mass is 9.94. The van der Waals surface area contributed by atoms with Crippen molar-refractivity contribution < 1.29 is 9.47 Å². The molecule has 1 aliphatic rings. The molecule has 0 N–H and O–H groups in total. The summed E-state index contributed by atoms with van der Waals surface area (Å²) in [5.74, 6) is 1.71. The second-order valence-electron chi connectivity index (χ2n) is 5.30. The number of hydrogen-bond donors (Lipinski definition) is 0. The van der Waals surface area contributed by atoms with E-state index in [1.807, 2.05) is 0 Å². The zero-order valence-corrected chi connectivity index (χ0v) is 11.2. The van der Waals surface area contributed by atoms with Crippen LogP contribution in [0.25, 0.3) is 0 Å². The number of hydrogen-bond acceptors (Lipinski definition) is 2. The molecule has 1 heterocycles. The fraction of sp³-hybridized carbons (Fsp3) is 1.00. The first-order valence-electron chi connectivity index (χ1n) is 6.95. The molecule has 2 atom stereocenters. The van der Waals surface area contributed by atoms with E-state index in [-0.39, 0.29) is 6.29 Å². The van der Waals surface area contributed by atoms with Gasteiger partial charge in [-0.3, -0.25) is 0 Å². The molecule has 0 amide bonds. The van der Waals surface area contributed by atoms with E-state index in [0.717, 1.165) is 31.5 Å². The van der Waals surface area contributed by atoms with Gasteiger partial charge in [-0.1, -0.05) is 46.5 Å². The SMILES string of the molecule is CCC(C)CCCC(C)CCC1OCCO1. The maximum absolute atomic E-state index is 5.44. The van der Waals surface area contributed by atoms with Gasteiger partial charge in [0.2, 0.25) is 0 Å². The average Bonchev–Trinajstić information content (AvgIpc) is 2.79. The number of ether oxygens (including phenoxy) is 2. The molecule has 1 fully saturated rings. The van der Waals surface area contributed by atoms with Crippen molar-refractivity contribution >= 4 is 0 Å². The molecule has 0 aromatic rings. The molecule has 0 saturated carbocycles. The molecule has 0 aromatic carbocycles. The van der Waals surface area contributed by atoms with Crippen LogP contribution in [-0.2, 0) is 9.47 Å². The second-order valence-corrected chi connectivity index (χ2v) is 5.30. The standard InChI is InChI=1S/C14H28O2/c1-4-12(2)6-5-7-13(3)8-9-14-15-10-11-16-14/h12-14H,4-11H2,1-3H3. The molecule has 0 aliphatic carbocycles. The minimum atomic E-state index is 0.0945. The van der Waals surface area contributed by atoms with E-state index >= 15 is 0 Å². The first-order chi connectivity index (χ1) is 7.72. The summed E-state index contributed by atoms with van der Waals surface area (Å²) in [5.41, 5.74) is 0. The van der Waals surface area contributed by atoms with E-state index in [2.05, 4.69) is 20.8 Å². The Morgan fingerprint density at radius 3 is 2.25 bits per heavy atom. The molecular formula is C14H28O2. The minimum Gasteiger partial charge on any atom is -0.350 e. The van der Waals surface area contributed by atoms with Crippen LogP contribution in [0.4, 0.5) is 0 Å². The van der Waals surface area contributed by atoms with Gasteiger partial charge in [-0.15, -0.1) is 0 Å². The van der Waals surface area contributed by atoms with E-state index in [1.54, 1.807) is 0 Å². The van der Waals surface area contributed by atoms with Crippen molar-refractivity contribution in [2.45, 2.75) is 65.6 Å². The Bertz CT molecular complexity index is 164. The van der Waals surface area contributed by atoms with Gasteiger partial charge in [0.15, 0.2) is 6.29 Å². The first kappa shape index (κ1) is 14.0. The van der Waals surface area contributed by atoms with Crippen LogP contribution >= 0.6 is 0 Å². The van der Waals surface area contributed by atoms with Crippen LogP contribution in [0.1, 0.15) is 59.3 Å². The molecule has 2 heteroatoms. The van der Waals surface area contributed by atoms with Crippen LogP contribution in [0, 0.1) is 11.8 Å². The molecule has 2 nitrogen and oxygen atoms in total. The summed E-state index contributed by atoms with van der Waals surface area (Å²) in [6, 6.07) is 0. The van der Waals surface area contributed by atoms with Crippen LogP contribution in [0.3, 0.4) is 0 Å². The zero-order valence-electron chi connectivity index (χ0n) is 11.2. The summed E-state index contributed by atoms with van der Waals surface area (Å²) in [4.78, 5) is 0. The van der Waals surface area contributed by atoms with Gasteiger partial charge in [0.25, 0.3) is 0 Å². The molecule has 16 heavy (non-hydrogen) atoms. The lowest BCUT2D eigenvalue weighted by molar-refractivity contribution is -0.0500. The molecule has 2 unspecified atom stereocenters. The van der Waals surface area contributed by atoms with Crippen LogP contribution in [-0.4, -0.2) is 19.5 Å². The summed E-state index contributed by atoms with van der Waals surface area (Å²) < 4.78 is 10.9. The summed E-state index contributed by atoms with van der Waals surface area (Å²) in [6.45, 7) is 8.55. The Kier molecular flexibility index (Phi) is 7.06. The fourth-order valence-electron chi connectivity index (χ4n) is 2.16. The highest BCUT2D eigenvalue weighted by Crippen LogP contribution is 2.20. The topological polar surface area (TPSA) is 18.5 Å². The normalized spacial score (nSPS) is 21.2. The highest BCUT2D eigenvalue weighted by molar-refractivity contribution is 4.60. The van der Waals surface area contributed by atoms with E-state index in [9.17, 15) is 0 Å². The van der Waals surface area contributed by atoms with E-state index in [0.29, 0.717) is 0 Å². The smallest absolute Gasteiger partial charge is 0.157 e. The Hall–Kier alpha value is -0.0800. The van der Waals surface area contributed by atoms with Gasteiger partial charge in [-0.25, -0.2) is 0 Å². The summed E-state index contributed by atoms with van der Waals surface area (Å²) in [5, 5.41) is 0. The zero-order chi connectivity index (χ0) is 11.8. The Labute approximate surface area is 101 Å². The molecular weight excluding hydrogens is 200 g/mol. The maximum Gasteiger partial charge on any atom is 0.157 e. The quantitative estimate of drug-likeness (QED) is 0.625. The lowest BCUT2D eigenvalue weighted by Crippen LogP contribution is -2.09. The van der Waals surface area contributed by atoms with Gasteiger partial charge >= 0.3 is 0 Å². The molecule has 1 aliphatic heterocycles. The third kappa shape index (κ3) is 5.86. The molecule has 1 rings (SSSR count). The van der Waals surface area contributed by atoms with E-state index < -0.39 is 0 Å². The molecule has 0 aromatic heterocycles. The van der Waals surface area contributed by atoms with Crippen LogP contribution in [0.15, 0.2) is 0 Å². The van der Waals surface area contributed by atoms with E-state index in [4.69, 9.17) is 9.47 Å². The lowest BCUT2D eigenvalue weighted by Gasteiger charge is -2.15. The third-order valence-electron chi connectivity index (χ3n) is 3.68. The van der Waals surface area contributed by atoms with Crippen LogP contribution in [0.2, 0.25) is 0 Å². The average molecular weight is 228 g/mol. The highest BCUT2D eigenvalue weighted by Gasteiger charge is 2.16. The van der Waals surface area contributed by atoms with Gasteiger partial charge < -0.3 is 9.47 Å². The van der Waals surface area contributed by atoms with E-state index in [1.165, 1.54) is 32.1 Å². The molecule has 0 bridgehead atoms. The second kappa shape index (κ2) is 8.08. The predicted molar refractivity (Wildman–Crippen MR) is 67.4 cm³/mol. The molecule has 1 saturated heterocycles. The first-order valence-corrected chi connectivity index (χ1v) is 6.95. The molecule has 0 spiro atoms. The van der Waals surface area contributed by atoms with Crippen molar-refractivity contribution in [2.75, 3.05) is 13.2 Å². The fourth-order valence-corrected chi connectivity index (χ4v) is 2.16. The Morgan fingerprint density at radius 2 is 1.62 bits per heavy atom. The largest absolute Gasteiger partial charge is 0.350 e. The van der Waals surface area contributed by atoms with Gasteiger partial charge in [-0.05, 0) is 24.7 Å². The third-order valence-corrected chi connectivity index (χ3v) is 3.68. The van der Waals surface area contributed by atoms with Gasteiger partial charge in [0.1, 0.15) is 0 Å². The highest BCUT2D eigenvalue weighted by atomic mass is 16.7. The Balaban J connectivity index is 1.95. The van der Waals surface area contributed by atoms with Crippen molar-refractivity contribution in [1.82, 2.24) is 0 Å². The summed E-state index contributed by atoms with van der Waals surface area (Å²) >= 11 is 0. The van der Waals surface area contributed by atoms with Gasteiger partial charge in [-0.2, -0.15) is 0 Å².